The molecule has 1 aliphatic heterocycles. The molecule has 1 aromatic rings. The number of benzene rings is 1. The van der Waals surface area contributed by atoms with Crippen molar-refractivity contribution in [3.8, 4) is 5.75 Å². The fourth-order valence-corrected chi connectivity index (χ4v) is 12.4. The number of carbonyl (C=O) groups is 2. The van der Waals surface area contributed by atoms with Gasteiger partial charge in [-0.3, -0.25) is 9.69 Å². The van der Waals surface area contributed by atoms with Crippen LogP contribution in [0, 0.1) is 40.4 Å². The van der Waals surface area contributed by atoms with Gasteiger partial charge >= 0.3 is 11.9 Å². The minimum atomic E-state index is -0.947. The third-order valence-corrected chi connectivity index (χ3v) is 13.2. The molecule has 10 nitrogen and oxygen atoms in total. The number of piperidine rings is 1. The normalized spacial score (nSPS) is 45.7. The van der Waals surface area contributed by atoms with Crippen LogP contribution in [0.1, 0.15) is 49.9 Å². The third kappa shape index (κ3) is 3.98. The summed E-state index contributed by atoms with van der Waals surface area (Å²) in [5, 5.41) is 0. The number of carbonyl (C=O) groups excluding carboxylic acids is 2. The van der Waals surface area contributed by atoms with Crippen LogP contribution >= 0.6 is 0 Å². The van der Waals surface area contributed by atoms with E-state index in [0.717, 1.165) is 32.4 Å². The highest BCUT2D eigenvalue weighted by Crippen LogP contribution is 2.80. The van der Waals surface area contributed by atoms with Crippen LogP contribution in [0.5, 0.6) is 5.75 Å². The monoisotopic (exact) mass is 627 g/mol. The summed E-state index contributed by atoms with van der Waals surface area (Å²) in [6, 6.07) is 7.07. The smallest absolute Gasteiger partial charge is 0.338 e. The predicted octanol–water partition coefficient (Wildman–Crippen LogP) is 3.60. The summed E-state index contributed by atoms with van der Waals surface area (Å²) in [5.74, 6) is -0.299. The maximum atomic E-state index is 13.8. The summed E-state index contributed by atoms with van der Waals surface area (Å²) < 4.78 is 44.1. The van der Waals surface area contributed by atoms with E-state index in [-0.39, 0.29) is 70.7 Å². The maximum absolute atomic E-state index is 13.8. The molecule has 6 fully saturated rings. The van der Waals surface area contributed by atoms with Gasteiger partial charge in [-0.05, 0) is 56.0 Å². The van der Waals surface area contributed by atoms with Gasteiger partial charge in [-0.25, -0.2) is 4.79 Å². The number of likely N-dealkylation sites (tertiary alicyclic amines) is 1. The topological polar surface area (TPSA) is 102 Å². The fourth-order valence-electron chi connectivity index (χ4n) is 12.4. The SMILES string of the molecule is CCN1C[C@]2(COC)CC[C@H](OC)[C@@]34[C@@H]5C[C@H]6[C@H](OC(=O)c7ccc(OC)cc7)[C@@H]5[C@](OC(C)=O)(C[C@@H]6OC)[C@@H]([C@H](OC)[C@H]23)[C@H]14. The maximum Gasteiger partial charge on any atom is 0.338 e. The number of hydrogen-bond acceptors (Lipinski definition) is 10. The quantitative estimate of drug-likeness (QED) is 0.358. The Bertz CT molecular complexity index is 1310. The minimum absolute atomic E-state index is 0.0203. The van der Waals surface area contributed by atoms with Gasteiger partial charge < -0.3 is 33.2 Å². The van der Waals surface area contributed by atoms with Gasteiger partial charge in [0.1, 0.15) is 17.5 Å². The molecule has 0 unspecified atom stereocenters. The van der Waals surface area contributed by atoms with Crippen molar-refractivity contribution in [3.05, 3.63) is 29.8 Å². The van der Waals surface area contributed by atoms with Gasteiger partial charge in [-0.2, -0.15) is 0 Å². The van der Waals surface area contributed by atoms with Gasteiger partial charge in [0.25, 0.3) is 0 Å². The van der Waals surface area contributed by atoms with Crippen molar-refractivity contribution in [2.45, 2.75) is 75.6 Å². The lowest BCUT2D eigenvalue weighted by Gasteiger charge is -2.69. The van der Waals surface area contributed by atoms with Crippen LogP contribution < -0.4 is 4.74 Å². The number of fused-ring (bicyclic) bond motifs is 2. The molecular formula is C35H49NO9. The third-order valence-electron chi connectivity index (χ3n) is 13.2. The Morgan fingerprint density at radius 3 is 2.33 bits per heavy atom. The van der Waals surface area contributed by atoms with E-state index >= 15 is 0 Å². The Morgan fingerprint density at radius 1 is 0.978 bits per heavy atom. The molecule has 1 saturated heterocycles. The zero-order valence-electron chi connectivity index (χ0n) is 27.7. The van der Waals surface area contributed by atoms with Crippen molar-refractivity contribution >= 4 is 11.9 Å². The molecule has 0 amide bonds. The lowest BCUT2D eigenvalue weighted by atomic mass is 9.43. The predicted molar refractivity (Wildman–Crippen MR) is 163 cm³/mol. The lowest BCUT2D eigenvalue weighted by Crippen LogP contribution is -2.77. The Kier molecular flexibility index (Phi) is 7.80. The first-order valence-corrected chi connectivity index (χ1v) is 16.6. The molecule has 1 aromatic carbocycles. The van der Waals surface area contributed by atoms with Crippen LogP contribution in [-0.2, 0) is 33.2 Å². The average molecular weight is 628 g/mol. The minimum Gasteiger partial charge on any atom is -0.497 e. The molecule has 248 valence electrons. The van der Waals surface area contributed by atoms with Gasteiger partial charge in [0.15, 0.2) is 0 Å². The van der Waals surface area contributed by atoms with E-state index in [0.29, 0.717) is 24.3 Å². The highest BCUT2D eigenvalue weighted by atomic mass is 16.6. The molecule has 5 aliphatic carbocycles. The van der Waals surface area contributed by atoms with Crippen LogP contribution in [0.4, 0.5) is 0 Å². The summed E-state index contributed by atoms with van der Waals surface area (Å²) >= 11 is 0. The van der Waals surface area contributed by atoms with E-state index in [1.165, 1.54) is 6.92 Å². The second-order valence-corrected chi connectivity index (χ2v) is 14.4. The van der Waals surface area contributed by atoms with Crippen molar-refractivity contribution < 1.29 is 42.7 Å². The highest BCUT2D eigenvalue weighted by molar-refractivity contribution is 5.89. The summed E-state index contributed by atoms with van der Waals surface area (Å²) in [4.78, 5) is 29.7. The molecule has 5 saturated carbocycles. The molecule has 7 rings (SSSR count). The Morgan fingerprint density at radius 2 is 1.73 bits per heavy atom. The molecule has 0 aromatic heterocycles. The summed E-state index contributed by atoms with van der Waals surface area (Å²) in [7, 11) is 8.77. The number of ether oxygens (including phenoxy) is 7. The number of esters is 2. The summed E-state index contributed by atoms with van der Waals surface area (Å²) in [5.41, 5.74) is -0.937. The van der Waals surface area contributed by atoms with Crippen LogP contribution in [0.3, 0.4) is 0 Å². The van der Waals surface area contributed by atoms with E-state index in [4.69, 9.17) is 33.2 Å². The number of nitrogens with zero attached hydrogens (tertiary/aromatic N) is 1. The van der Waals surface area contributed by atoms with Crippen LogP contribution in [0.25, 0.3) is 0 Å². The van der Waals surface area contributed by atoms with Gasteiger partial charge in [0.2, 0.25) is 0 Å². The van der Waals surface area contributed by atoms with Crippen LogP contribution in [0.2, 0.25) is 0 Å². The Balaban J connectivity index is 1.43. The van der Waals surface area contributed by atoms with Gasteiger partial charge in [-0.15, -0.1) is 0 Å². The Hall–Kier alpha value is -2.24. The van der Waals surface area contributed by atoms with Gasteiger partial charge in [0, 0.05) is 88.9 Å². The molecule has 0 radical (unpaired) electrons. The van der Waals surface area contributed by atoms with Gasteiger partial charge in [0.05, 0.1) is 37.6 Å². The highest BCUT2D eigenvalue weighted by Gasteiger charge is 2.88. The first-order chi connectivity index (χ1) is 21.7. The van der Waals surface area contributed by atoms with E-state index in [9.17, 15) is 9.59 Å². The second kappa shape index (κ2) is 11.2. The van der Waals surface area contributed by atoms with Gasteiger partial charge in [-0.1, -0.05) is 6.92 Å². The zero-order valence-corrected chi connectivity index (χ0v) is 27.7. The van der Waals surface area contributed by atoms with E-state index in [1.807, 2.05) is 14.2 Å². The van der Waals surface area contributed by atoms with E-state index in [1.54, 1.807) is 45.6 Å². The number of rotatable bonds is 10. The zero-order chi connectivity index (χ0) is 31.9. The molecule has 1 heterocycles. The molecule has 1 spiro atoms. The molecule has 7 bridgehead atoms. The number of methoxy groups -OCH3 is 5. The van der Waals surface area contributed by atoms with Crippen molar-refractivity contribution in [3.63, 3.8) is 0 Å². The lowest BCUT2D eigenvalue weighted by molar-refractivity contribution is -0.280. The molecule has 6 aliphatic rings. The van der Waals surface area contributed by atoms with Crippen molar-refractivity contribution in [2.24, 2.45) is 40.4 Å². The van der Waals surface area contributed by atoms with Crippen molar-refractivity contribution in [1.82, 2.24) is 4.90 Å². The first kappa shape index (κ1) is 31.4. The molecular weight excluding hydrogens is 578 g/mol. The Labute approximate surface area is 266 Å². The summed E-state index contributed by atoms with van der Waals surface area (Å²) in [6.45, 7) is 6.11. The van der Waals surface area contributed by atoms with Crippen molar-refractivity contribution in [1.29, 1.82) is 0 Å². The number of hydrogen-bond donors (Lipinski definition) is 0. The summed E-state index contributed by atoms with van der Waals surface area (Å²) in [6.07, 6.45) is 2.27. The second-order valence-electron chi connectivity index (χ2n) is 14.4. The van der Waals surface area contributed by atoms with Crippen LogP contribution in [-0.4, -0.2) is 108 Å². The molecule has 45 heavy (non-hydrogen) atoms. The molecule has 10 heteroatoms. The van der Waals surface area contributed by atoms with Crippen molar-refractivity contribution in [2.75, 3.05) is 55.2 Å². The molecule has 13 atom stereocenters. The first-order valence-electron chi connectivity index (χ1n) is 16.6. The van der Waals surface area contributed by atoms with E-state index in [2.05, 4.69) is 11.8 Å². The fraction of sp³-hybridized carbons (Fsp3) is 0.771. The average Bonchev–Trinajstić information content (AvgIpc) is 3.46. The standard InChI is InChI=1S/C35H49NO9/c1-8-36-17-33(18-39-3)14-13-25(42-6)35-23-15-22-24(41-5)16-34(45-19(2)37,27(31(35)36)29(43-7)30(33)35)26(23)28(22)44-32(38)20-9-11-21(40-4)12-10-20/h9-12,22-31H,8,13-18H2,1-7H3/t22-,23-,24+,25+,26-,27+,28+,29+,30-,31+,33+,34-,35+/m1/s1. The van der Waals surface area contributed by atoms with E-state index < -0.39 is 17.7 Å². The molecule has 0 N–H and O–H groups in total. The van der Waals surface area contributed by atoms with Crippen LogP contribution in [0.15, 0.2) is 24.3 Å². The largest absolute Gasteiger partial charge is 0.497 e.